The van der Waals surface area contributed by atoms with Crippen LogP contribution in [0.25, 0.3) is 0 Å². The van der Waals surface area contributed by atoms with E-state index in [9.17, 15) is 13.6 Å². The first-order chi connectivity index (χ1) is 12.5. The molecule has 2 heterocycles. The summed E-state index contributed by atoms with van der Waals surface area (Å²) in [5.41, 5.74) is 0.530. The first-order valence-electron chi connectivity index (χ1n) is 9.52. The lowest BCUT2D eigenvalue weighted by Crippen LogP contribution is -2.42. The lowest BCUT2D eigenvalue weighted by atomic mass is 9.77. The van der Waals surface area contributed by atoms with Crippen molar-refractivity contribution in [2.75, 3.05) is 39.4 Å². The van der Waals surface area contributed by atoms with Crippen LogP contribution in [0.15, 0.2) is 18.2 Å². The minimum atomic E-state index is -0.597. The van der Waals surface area contributed by atoms with Crippen molar-refractivity contribution in [2.24, 2.45) is 5.41 Å². The topological polar surface area (TPSA) is 32.8 Å². The van der Waals surface area contributed by atoms with Gasteiger partial charge in [0.05, 0.1) is 6.61 Å². The second kappa shape index (κ2) is 8.44. The molecule has 1 aromatic rings. The monoisotopic (exact) mass is 366 g/mol. The Hall–Kier alpha value is -1.53. The number of amides is 1. The van der Waals surface area contributed by atoms with Gasteiger partial charge in [0.1, 0.15) is 11.6 Å². The number of rotatable bonds is 7. The van der Waals surface area contributed by atoms with Gasteiger partial charge in [0.25, 0.3) is 0 Å². The molecule has 1 aromatic carbocycles. The summed E-state index contributed by atoms with van der Waals surface area (Å²) in [6.07, 6.45) is 3.56. The molecule has 2 aliphatic rings. The predicted molar refractivity (Wildman–Crippen MR) is 95.6 cm³/mol. The van der Waals surface area contributed by atoms with Gasteiger partial charge in [-0.2, -0.15) is 0 Å². The summed E-state index contributed by atoms with van der Waals surface area (Å²) in [5, 5.41) is 0. The molecular formula is C20H28F2N2O2. The maximum absolute atomic E-state index is 13.4. The van der Waals surface area contributed by atoms with E-state index in [0.29, 0.717) is 18.5 Å². The van der Waals surface area contributed by atoms with E-state index < -0.39 is 11.6 Å². The molecule has 26 heavy (non-hydrogen) atoms. The third kappa shape index (κ3) is 4.80. The molecule has 0 atom stereocenters. The van der Waals surface area contributed by atoms with Crippen molar-refractivity contribution < 1.29 is 18.3 Å². The van der Waals surface area contributed by atoms with Gasteiger partial charge >= 0.3 is 0 Å². The van der Waals surface area contributed by atoms with Crippen molar-refractivity contribution in [3.05, 3.63) is 35.4 Å². The first kappa shape index (κ1) is 19.2. The van der Waals surface area contributed by atoms with E-state index in [1.165, 1.54) is 12.1 Å². The van der Waals surface area contributed by atoms with Crippen molar-refractivity contribution in [1.29, 1.82) is 0 Å². The number of benzene rings is 1. The zero-order valence-corrected chi connectivity index (χ0v) is 15.5. The van der Waals surface area contributed by atoms with Crippen LogP contribution in [0.4, 0.5) is 8.78 Å². The van der Waals surface area contributed by atoms with Gasteiger partial charge < -0.3 is 14.5 Å². The van der Waals surface area contributed by atoms with Crippen molar-refractivity contribution in [1.82, 2.24) is 9.80 Å². The van der Waals surface area contributed by atoms with Crippen LogP contribution in [0.5, 0.6) is 0 Å². The smallest absolute Gasteiger partial charge is 0.223 e. The highest BCUT2D eigenvalue weighted by Crippen LogP contribution is 2.41. The number of nitrogens with zero attached hydrogens (tertiary/aromatic N) is 2. The molecule has 0 radical (unpaired) electrons. The van der Waals surface area contributed by atoms with Crippen molar-refractivity contribution in [2.45, 2.75) is 39.2 Å². The fraction of sp³-hybridized carbons (Fsp3) is 0.650. The highest BCUT2D eigenvalue weighted by atomic mass is 19.1. The fourth-order valence-electron chi connectivity index (χ4n) is 4.07. The van der Waals surface area contributed by atoms with E-state index >= 15 is 0 Å². The Bertz CT molecular complexity index is 610. The van der Waals surface area contributed by atoms with Crippen LogP contribution in [0.3, 0.4) is 0 Å². The van der Waals surface area contributed by atoms with Crippen molar-refractivity contribution >= 4 is 5.91 Å². The maximum atomic E-state index is 13.4. The van der Waals surface area contributed by atoms with Gasteiger partial charge in [-0.25, -0.2) is 8.78 Å². The standard InChI is InChI=1S/C20H28F2N2O2/c1-2-8-26-9-7-23-5-3-20(4-6-23)13-19(25)24(15-20)14-16-10-17(21)12-18(22)11-16/h10-12H,2-9,13-15H2,1H3. The minimum Gasteiger partial charge on any atom is -0.380 e. The number of hydrogen-bond acceptors (Lipinski definition) is 3. The highest BCUT2D eigenvalue weighted by molar-refractivity contribution is 5.79. The van der Waals surface area contributed by atoms with Crippen LogP contribution < -0.4 is 0 Å². The molecular weight excluding hydrogens is 338 g/mol. The molecule has 0 N–H and O–H groups in total. The van der Waals surface area contributed by atoms with Gasteiger partial charge in [0, 0.05) is 38.7 Å². The molecule has 0 aromatic heterocycles. The Labute approximate surface area is 154 Å². The van der Waals surface area contributed by atoms with E-state index in [2.05, 4.69) is 11.8 Å². The quantitative estimate of drug-likeness (QED) is 0.695. The molecule has 2 fully saturated rings. The Morgan fingerprint density at radius 1 is 1.12 bits per heavy atom. The van der Waals surface area contributed by atoms with Crippen LogP contribution in [0, 0.1) is 17.0 Å². The van der Waals surface area contributed by atoms with E-state index in [1.54, 1.807) is 4.90 Å². The van der Waals surface area contributed by atoms with Gasteiger partial charge in [0.2, 0.25) is 5.91 Å². The van der Waals surface area contributed by atoms with E-state index in [0.717, 1.165) is 58.2 Å². The first-order valence-corrected chi connectivity index (χ1v) is 9.52. The summed E-state index contributed by atoms with van der Waals surface area (Å²) in [5.74, 6) is -1.10. The largest absolute Gasteiger partial charge is 0.380 e. The molecule has 0 unspecified atom stereocenters. The number of halogens is 2. The second-order valence-electron chi connectivity index (χ2n) is 7.66. The molecule has 2 aliphatic heterocycles. The van der Waals surface area contributed by atoms with Crippen LogP contribution in [0.1, 0.15) is 38.2 Å². The lowest BCUT2D eigenvalue weighted by molar-refractivity contribution is -0.128. The molecule has 144 valence electrons. The third-order valence-corrected chi connectivity index (χ3v) is 5.52. The van der Waals surface area contributed by atoms with E-state index in [4.69, 9.17) is 4.74 Å². The molecule has 6 heteroatoms. The summed E-state index contributed by atoms with van der Waals surface area (Å²) >= 11 is 0. The van der Waals surface area contributed by atoms with Crippen LogP contribution >= 0.6 is 0 Å². The molecule has 3 rings (SSSR count). The fourth-order valence-corrected chi connectivity index (χ4v) is 4.07. The average molecular weight is 366 g/mol. The van der Waals surface area contributed by atoms with Gasteiger partial charge in [-0.1, -0.05) is 6.92 Å². The van der Waals surface area contributed by atoms with Crippen LogP contribution in [0.2, 0.25) is 0 Å². The number of carbonyl (C=O) groups excluding carboxylic acids is 1. The second-order valence-corrected chi connectivity index (χ2v) is 7.66. The minimum absolute atomic E-state index is 0.0176. The Morgan fingerprint density at radius 3 is 2.46 bits per heavy atom. The van der Waals surface area contributed by atoms with Crippen LogP contribution in [-0.2, 0) is 16.1 Å². The predicted octanol–water partition coefficient (Wildman–Crippen LogP) is 3.21. The molecule has 2 saturated heterocycles. The summed E-state index contributed by atoms with van der Waals surface area (Å²) in [4.78, 5) is 16.6. The molecule has 1 spiro atoms. The van der Waals surface area contributed by atoms with Gasteiger partial charge in [-0.15, -0.1) is 0 Å². The average Bonchev–Trinajstić information content (AvgIpc) is 2.88. The van der Waals surface area contributed by atoms with Crippen molar-refractivity contribution in [3.63, 3.8) is 0 Å². The number of ether oxygens (including phenoxy) is 1. The van der Waals surface area contributed by atoms with Crippen molar-refractivity contribution in [3.8, 4) is 0 Å². The summed E-state index contributed by atoms with van der Waals surface area (Å²) in [6, 6.07) is 3.47. The summed E-state index contributed by atoms with van der Waals surface area (Å²) in [6.45, 7) is 7.53. The zero-order valence-electron chi connectivity index (χ0n) is 15.5. The molecule has 1 amide bonds. The Balaban J connectivity index is 1.51. The maximum Gasteiger partial charge on any atom is 0.223 e. The normalized spacial score (nSPS) is 20.3. The Morgan fingerprint density at radius 2 is 1.81 bits per heavy atom. The zero-order chi connectivity index (χ0) is 18.6. The lowest BCUT2D eigenvalue weighted by Gasteiger charge is -2.38. The van der Waals surface area contributed by atoms with Gasteiger partial charge in [-0.05, 0) is 55.5 Å². The summed E-state index contributed by atoms with van der Waals surface area (Å²) in [7, 11) is 0. The molecule has 4 nitrogen and oxygen atoms in total. The molecule has 0 saturated carbocycles. The molecule has 0 aliphatic carbocycles. The van der Waals surface area contributed by atoms with E-state index in [-0.39, 0.29) is 17.9 Å². The van der Waals surface area contributed by atoms with Gasteiger partial charge in [-0.3, -0.25) is 4.79 Å². The Kier molecular flexibility index (Phi) is 6.24. The summed E-state index contributed by atoms with van der Waals surface area (Å²) < 4.78 is 32.3. The number of carbonyl (C=O) groups is 1. The number of hydrogen-bond donors (Lipinski definition) is 0. The number of likely N-dealkylation sites (tertiary alicyclic amines) is 2. The van der Waals surface area contributed by atoms with Gasteiger partial charge in [0.15, 0.2) is 0 Å². The SMILES string of the molecule is CCCOCCN1CCC2(CC1)CC(=O)N(Cc1cc(F)cc(F)c1)C2. The van der Waals surface area contributed by atoms with Crippen LogP contribution in [-0.4, -0.2) is 55.1 Å². The highest BCUT2D eigenvalue weighted by Gasteiger charge is 2.44. The molecule has 0 bridgehead atoms. The third-order valence-electron chi connectivity index (χ3n) is 5.52. The number of piperidine rings is 1. The van der Waals surface area contributed by atoms with E-state index in [1.807, 2.05) is 0 Å².